The average molecular weight is 312 g/mol. The van der Waals surface area contributed by atoms with Crippen molar-refractivity contribution >= 4 is 45.9 Å². The maximum absolute atomic E-state index is 10.2. The molecule has 7 heteroatoms. The predicted molar refractivity (Wildman–Crippen MR) is 69.5 cm³/mol. The van der Waals surface area contributed by atoms with Gasteiger partial charge in [0.05, 0.1) is 5.97 Å². The van der Waals surface area contributed by atoms with Gasteiger partial charge in [0, 0.05) is 0 Å². The molecule has 0 unspecified atom stereocenters. The molecule has 1 aromatic rings. The van der Waals surface area contributed by atoms with Crippen molar-refractivity contribution in [1.82, 2.24) is 0 Å². The van der Waals surface area contributed by atoms with Gasteiger partial charge >= 0.3 is 160 Å². The van der Waals surface area contributed by atoms with Crippen LogP contribution in [0, 0.1) is 0 Å². The standard InChI is InChI=1S/C11H9O2.C3H4O2.3Na/c12-11(13)9-5-4-8-10-6-2-1-3-7-10;1-2-3(4)5;;;/h1-4,6-9H,(H,12,13);2H,1H2,(H,4,5);;;/q;;;2*+1/p-2. The number of carboxylic acid groups (broad SMARTS) is 2. The number of carboxylic acids is 2. The molecule has 21 heavy (non-hydrogen) atoms. The van der Waals surface area contributed by atoms with Gasteiger partial charge in [0.15, 0.2) is 0 Å². The number of carbonyl (C=O) groups is 2. The largest absolute Gasteiger partial charge is 1.00 e. The van der Waals surface area contributed by atoms with E-state index in [1.54, 1.807) is 6.08 Å². The number of benzene rings is 1. The Bertz CT molecular complexity index is 496. The van der Waals surface area contributed by atoms with Gasteiger partial charge in [0.25, 0.3) is 0 Å². The van der Waals surface area contributed by atoms with Crippen LogP contribution in [-0.4, -0.2) is 39.9 Å². The topological polar surface area (TPSA) is 80.3 Å². The van der Waals surface area contributed by atoms with Crippen molar-refractivity contribution in [3.05, 3.63) is 63.5 Å². The molecule has 0 atom stereocenters. The molecule has 0 fully saturated rings. The van der Waals surface area contributed by atoms with E-state index in [2.05, 4.69) is 6.58 Å². The van der Waals surface area contributed by atoms with Crippen LogP contribution in [0.2, 0.25) is 0 Å². The Morgan fingerprint density at radius 2 is 1.52 bits per heavy atom. The Morgan fingerprint density at radius 1 is 1.05 bits per heavy atom. The summed E-state index contributed by atoms with van der Waals surface area (Å²) < 4.78 is 0.800. The van der Waals surface area contributed by atoms with Gasteiger partial charge < -0.3 is 9.90 Å². The SMILES string of the molecule is C=CC(=O)[O-].O=C([O-])C=[C]([Na])C=Cc1ccccc1.[Na+].[Na+]. The molecule has 94 valence electrons. The molecule has 0 amide bonds. The Kier molecular flexibility index (Phi) is 21.0. The second-order valence-electron chi connectivity index (χ2n) is 3.47. The molecule has 0 spiro atoms. The van der Waals surface area contributed by atoms with E-state index >= 15 is 0 Å². The summed E-state index contributed by atoms with van der Waals surface area (Å²) in [4.78, 5) is 19.4. The zero-order chi connectivity index (χ0) is 14.7. The van der Waals surface area contributed by atoms with E-state index in [4.69, 9.17) is 9.90 Å². The van der Waals surface area contributed by atoms with Crippen molar-refractivity contribution in [3.63, 3.8) is 0 Å². The number of carbonyl (C=O) groups excluding carboxylic acids is 2. The van der Waals surface area contributed by atoms with Gasteiger partial charge in [-0.05, 0) is 6.08 Å². The number of hydrogen-bond acceptors (Lipinski definition) is 4. The van der Waals surface area contributed by atoms with Crippen LogP contribution < -0.4 is 69.3 Å². The first-order valence-electron chi connectivity index (χ1n) is 5.41. The third-order valence-electron chi connectivity index (χ3n) is 1.85. The summed E-state index contributed by atoms with van der Waals surface area (Å²) in [6.07, 6.45) is 5.55. The van der Waals surface area contributed by atoms with E-state index < -0.39 is 11.9 Å². The normalized spacial score (nSPS) is 9.52. The first kappa shape index (κ1) is 26.3. The van der Waals surface area contributed by atoms with Crippen molar-refractivity contribution in [2.24, 2.45) is 0 Å². The molecule has 0 N–H and O–H groups in total. The third kappa shape index (κ3) is 18.3. The minimum atomic E-state index is -1.23. The summed E-state index contributed by atoms with van der Waals surface area (Å²) in [6, 6.07) is 9.74. The molecule has 0 aromatic heterocycles. The number of allylic oxidation sites excluding steroid dienone is 2. The summed E-state index contributed by atoms with van der Waals surface area (Å²) in [5.74, 6) is -2.36. The van der Waals surface area contributed by atoms with Crippen LogP contribution in [0.4, 0.5) is 0 Å². The fourth-order valence-corrected chi connectivity index (χ4v) is 1.43. The molecular formula is C14H11Na3O4. The van der Waals surface area contributed by atoms with Gasteiger partial charge in [-0.15, -0.1) is 0 Å². The monoisotopic (exact) mass is 312 g/mol. The van der Waals surface area contributed by atoms with Gasteiger partial charge in [-0.2, -0.15) is 0 Å². The van der Waals surface area contributed by atoms with Gasteiger partial charge in [-0.1, -0.05) is 6.58 Å². The minimum Gasteiger partial charge on any atom is 1.00 e. The van der Waals surface area contributed by atoms with Crippen LogP contribution in [0.15, 0.2) is 58.0 Å². The zero-order valence-electron chi connectivity index (χ0n) is 12.5. The number of hydrogen-bond donors (Lipinski definition) is 0. The molecule has 0 aliphatic rings. The summed E-state index contributed by atoms with van der Waals surface area (Å²) in [7, 11) is 0. The van der Waals surface area contributed by atoms with Crippen molar-refractivity contribution in [2.45, 2.75) is 0 Å². The van der Waals surface area contributed by atoms with Crippen molar-refractivity contribution in [1.29, 1.82) is 0 Å². The average Bonchev–Trinajstić information content (AvgIpc) is 2.37. The molecule has 0 aliphatic carbocycles. The molecule has 0 saturated carbocycles. The second kappa shape index (κ2) is 16.7. The Morgan fingerprint density at radius 3 is 1.90 bits per heavy atom. The predicted octanol–water partition coefficient (Wildman–Crippen LogP) is -6.57. The van der Waals surface area contributed by atoms with E-state index in [0.29, 0.717) is 27.9 Å². The van der Waals surface area contributed by atoms with E-state index in [0.717, 1.165) is 20.5 Å². The maximum atomic E-state index is 10.2. The van der Waals surface area contributed by atoms with Gasteiger partial charge in [-0.3, -0.25) is 0 Å². The molecule has 1 aromatic carbocycles. The minimum absolute atomic E-state index is 0. The zero-order valence-corrected chi connectivity index (χ0v) is 18.5. The van der Waals surface area contributed by atoms with E-state index in [1.807, 2.05) is 36.4 Å². The van der Waals surface area contributed by atoms with Gasteiger partial charge in [-0.25, -0.2) is 0 Å². The van der Waals surface area contributed by atoms with E-state index in [-0.39, 0.29) is 59.1 Å². The Balaban J connectivity index is -0.000000405. The molecule has 1 rings (SSSR count). The maximum Gasteiger partial charge on any atom is 1.00 e. The summed E-state index contributed by atoms with van der Waals surface area (Å²) in [6.45, 7) is 2.90. The molecule has 0 bridgehead atoms. The van der Waals surface area contributed by atoms with Crippen LogP contribution in [0.1, 0.15) is 5.56 Å². The molecular weight excluding hydrogens is 301 g/mol. The third-order valence-corrected chi connectivity index (χ3v) is 2.47. The summed E-state index contributed by atoms with van der Waals surface area (Å²) in [5.41, 5.74) is 1.06. The van der Waals surface area contributed by atoms with E-state index in [9.17, 15) is 9.90 Å². The fraction of sp³-hybridized carbons (Fsp3) is 0. The van der Waals surface area contributed by atoms with Crippen molar-refractivity contribution < 1.29 is 78.9 Å². The molecule has 4 nitrogen and oxygen atoms in total. The summed E-state index contributed by atoms with van der Waals surface area (Å²) in [5, 5.41) is 19.4. The molecule has 0 aliphatic heterocycles. The molecule has 0 saturated heterocycles. The first-order valence-corrected chi connectivity index (χ1v) is 6.41. The van der Waals surface area contributed by atoms with E-state index in [1.165, 1.54) is 0 Å². The fourth-order valence-electron chi connectivity index (χ4n) is 1.03. The van der Waals surface area contributed by atoms with Crippen LogP contribution in [0.5, 0.6) is 0 Å². The van der Waals surface area contributed by atoms with Crippen LogP contribution in [0.3, 0.4) is 0 Å². The number of rotatable bonds is 4. The summed E-state index contributed by atoms with van der Waals surface area (Å²) >= 11 is 0.701. The Labute approximate surface area is 186 Å². The van der Waals surface area contributed by atoms with Crippen LogP contribution in [0.25, 0.3) is 6.08 Å². The Hall–Kier alpha value is 0.380. The van der Waals surface area contributed by atoms with Gasteiger partial charge in [0.2, 0.25) is 0 Å². The smallest absolute Gasteiger partial charge is 1.00 e. The van der Waals surface area contributed by atoms with Crippen LogP contribution in [-0.2, 0) is 9.59 Å². The number of aliphatic carboxylic acids is 2. The van der Waals surface area contributed by atoms with Crippen molar-refractivity contribution in [3.8, 4) is 0 Å². The second-order valence-corrected chi connectivity index (χ2v) is 4.63. The van der Waals surface area contributed by atoms with Crippen molar-refractivity contribution in [2.75, 3.05) is 0 Å². The quantitative estimate of drug-likeness (QED) is 0.315. The molecule has 0 heterocycles. The van der Waals surface area contributed by atoms with Gasteiger partial charge in [0.1, 0.15) is 0 Å². The molecule has 0 radical (unpaired) electrons. The first-order chi connectivity index (χ1) is 8.95. The van der Waals surface area contributed by atoms with Crippen LogP contribution >= 0.6 is 0 Å².